The standard InChI is InChI=1S/C11H13NO/c1-3-11(2)8-6-4-5-7-9(8)12-10(11)13/h4-7H,3H2,1-2H3,(H,12,13)/t11-/m1/s1. The lowest BCUT2D eigenvalue weighted by molar-refractivity contribution is -0.120. The number of carbonyl (C=O) groups is 1. The Morgan fingerprint density at radius 3 is 2.77 bits per heavy atom. The van der Waals surface area contributed by atoms with Crippen LogP contribution in [-0.2, 0) is 10.2 Å². The second-order valence-corrected chi connectivity index (χ2v) is 3.69. The molecule has 68 valence electrons. The largest absolute Gasteiger partial charge is 0.325 e. The Morgan fingerprint density at radius 1 is 1.38 bits per heavy atom. The lowest BCUT2D eigenvalue weighted by Gasteiger charge is -2.19. The van der Waals surface area contributed by atoms with E-state index in [9.17, 15) is 4.79 Å². The minimum Gasteiger partial charge on any atom is -0.325 e. The molecule has 1 aliphatic rings. The third-order valence-corrected chi connectivity index (χ3v) is 2.98. The molecule has 0 bridgehead atoms. The number of hydrogen-bond acceptors (Lipinski definition) is 1. The molecular formula is C11H13NO. The summed E-state index contributed by atoms with van der Waals surface area (Å²) in [6.07, 6.45) is 0.843. The van der Waals surface area contributed by atoms with Gasteiger partial charge in [0, 0.05) is 5.69 Å². The van der Waals surface area contributed by atoms with Crippen molar-refractivity contribution in [3.8, 4) is 0 Å². The van der Waals surface area contributed by atoms with Crippen LogP contribution in [0.3, 0.4) is 0 Å². The molecule has 2 nitrogen and oxygen atoms in total. The van der Waals surface area contributed by atoms with Crippen LogP contribution in [0.25, 0.3) is 0 Å². The first-order valence-electron chi connectivity index (χ1n) is 4.59. The molecule has 0 spiro atoms. The first kappa shape index (κ1) is 8.30. The first-order valence-corrected chi connectivity index (χ1v) is 4.59. The van der Waals surface area contributed by atoms with Gasteiger partial charge in [0.05, 0.1) is 5.41 Å². The van der Waals surface area contributed by atoms with Crippen LogP contribution in [0.5, 0.6) is 0 Å². The third kappa shape index (κ3) is 0.981. The van der Waals surface area contributed by atoms with E-state index in [1.165, 1.54) is 0 Å². The molecular weight excluding hydrogens is 162 g/mol. The summed E-state index contributed by atoms with van der Waals surface area (Å²) in [7, 11) is 0. The van der Waals surface area contributed by atoms with E-state index in [0.717, 1.165) is 17.7 Å². The summed E-state index contributed by atoms with van der Waals surface area (Å²) in [4.78, 5) is 11.7. The van der Waals surface area contributed by atoms with E-state index in [2.05, 4.69) is 5.32 Å². The summed E-state index contributed by atoms with van der Waals surface area (Å²) in [6, 6.07) is 7.90. The van der Waals surface area contributed by atoms with Crippen molar-refractivity contribution in [3.63, 3.8) is 0 Å². The van der Waals surface area contributed by atoms with Crippen LogP contribution < -0.4 is 5.32 Å². The summed E-state index contributed by atoms with van der Waals surface area (Å²) in [5.74, 6) is 0.121. The summed E-state index contributed by atoms with van der Waals surface area (Å²) < 4.78 is 0. The van der Waals surface area contributed by atoms with Crippen molar-refractivity contribution < 1.29 is 4.79 Å². The Kier molecular flexibility index (Phi) is 1.65. The predicted molar refractivity (Wildman–Crippen MR) is 52.7 cm³/mol. The van der Waals surface area contributed by atoms with Crippen molar-refractivity contribution in [3.05, 3.63) is 29.8 Å². The molecule has 1 N–H and O–H groups in total. The van der Waals surface area contributed by atoms with Gasteiger partial charge in [-0.2, -0.15) is 0 Å². The fourth-order valence-corrected chi connectivity index (χ4v) is 1.81. The molecule has 1 aromatic rings. The molecule has 0 saturated carbocycles. The van der Waals surface area contributed by atoms with Gasteiger partial charge in [0.1, 0.15) is 0 Å². The average molecular weight is 175 g/mol. The lowest BCUT2D eigenvalue weighted by Crippen LogP contribution is -2.29. The van der Waals surface area contributed by atoms with Gasteiger partial charge in [0.25, 0.3) is 0 Å². The van der Waals surface area contributed by atoms with E-state index < -0.39 is 0 Å². The number of carbonyl (C=O) groups excluding carboxylic acids is 1. The average Bonchev–Trinajstić information content (AvgIpc) is 2.41. The van der Waals surface area contributed by atoms with Crippen molar-refractivity contribution in [2.75, 3.05) is 5.32 Å². The number of nitrogens with one attached hydrogen (secondary N) is 1. The number of fused-ring (bicyclic) bond motifs is 1. The molecule has 13 heavy (non-hydrogen) atoms. The highest BCUT2D eigenvalue weighted by Crippen LogP contribution is 2.39. The van der Waals surface area contributed by atoms with Crippen LogP contribution in [0, 0.1) is 0 Å². The first-order chi connectivity index (χ1) is 6.18. The molecule has 0 aromatic heterocycles. The number of anilines is 1. The van der Waals surface area contributed by atoms with Crippen LogP contribution in [0.15, 0.2) is 24.3 Å². The summed E-state index contributed by atoms with van der Waals surface area (Å²) in [5.41, 5.74) is 1.77. The van der Waals surface area contributed by atoms with Crippen molar-refractivity contribution in [1.29, 1.82) is 0 Å². The SMILES string of the molecule is CC[C@@]1(C)C(=O)Nc2ccccc21. The Morgan fingerprint density at radius 2 is 2.08 bits per heavy atom. The van der Waals surface area contributed by atoms with Gasteiger partial charge >= 0.3 is 0 Å². The molecule has 1 aromatic carbocycles. The molecule has 1 amide bonds. The van der Waals surface area contributed by atoms with Crippen molar-refractivity contribution in [1.82, 2.24) is 0 Å². The Labute approximate surface area is 78.0 Å². The van der Waals surface area contributed by atoms with E-state index in [1.54, 1.807) is 0 Å². The Hall–Kier alpha value is -1.31. The molecule has 0 unspecified atom stereocenters. The van der Waals surface area contributed by atoms with Gasteiger partial charge < -0.3 is 5.32 Å². The van der Waals surface area contributed by atoms with E-state index in [1.807, 2.05) is 38.1 Å². The molecule has 2 heteroatoms. The van der Waals surface area contributed by atoms with E-state index >= 15 is 0 Å². The second-order valence-electron chi connectivity index (χ2n) is 3.69. The third-order valence-electron chi connectivity index (χ3n) is 2.98. The molecule has 1 atom stereocenters. The fourth-order valence-electron chi connectivity index (χ4n) is 1.81. The van der Waals surface area contributed by atoms with Crippen LogP contribution in [0.2, 0.25) is 0 Å². The van der Waals surface area contributed by atoms with Crippen LogP contribution >= 0.6 is 0 Å². The van der Waals surface area contributed by atoms with Gasteiger partial charge in [-0.3, -0.25) is 4.79 Å². The van der Waals surface area contributed by atoms with Crippen molar-refractivity contribution >= 4 is 11.6 Å². The maximum Gasteiger partial charge on any atom is 0.234 e. The second kappa shape index (κ2) is 2.59. The zero-order valence-corrected chi connectivity index (χ0v) is 7.92. The fraction of sp³-hybridized carbons (Fsp3) is 0.364. The highest BCUT2D eigenvalue weighted by molar-refractivity contribution is 6.05. The van der Waals surface area contributed by atoms with Crippen molar-refractivity contribution in [2.24, 2.45) is 0 Å². The summed E-state index contributed by atoms with van der Waals surface area (Å²) in [6.45, 7) is 4.04. The monoisotopic (exact) mass is 175 g/mol. The van der Waals surface area contributed by atoms with Crippen LogP contribution in [0.4, 0.5) is 5.69 Å². The maximum absolute atomic E-state index is 11.7. The van der Waals surface area contributed by atoms with E-state index in [4.69, 9.17) is 0 Å². The van der Waals surface area contributed by atoms with Gasteiger partial charge in [-0.25, -0.2) is 0 Å². The molecule has 0 saturated heterocycles. The molecule has 1 heterocycles. The number of para-hydroxylation sites is 1. The van der Waals surface area contributed by atoms with Crippen LogP contribution in [0.1, 0.15) is 25.8 Å². The molecule has 1 aliphatic heterocycles. The molecule has 0 radical (unpaired) electrons. The zero-order chi connectivity index (χ0) is 9.47. The van der Waals surface area contributed by atoms with E-state index in [0.29, 0.717) is 0 Å². The molecule has 0 aliphatic carbocycles. The summed E-state index contributed by atoms with van der Waals surface area (Å²) >= 11 is 0. The smallest absolute Gasteiger partial charge is 0.234 e. The van der Waals surface area contributed by atoms with Gasteiger partial charge in [-0.05, 0) is 25.0 Å². The van der Waals surface area contributed by atoms with Gasteiger partial charge in [-0.15, -0.1) is 0 Å². The normalized spacial score (nSPS) is 25.5. The van der Waals surface area contributed by atoms with Crippen LogP contribution in [-0.4, -0.2) is 5.91 Å². The van der Waals surface area contributed by atoms with Gasteiger partial charge in [0.2, 0.25) is 5.91 Å². The number of hydrogen-bond donors (Lipinski definition) is 1. The highest BCUT2D eigenvalue weighted by atomic mass is 16.2. The summed E-state index contributed by atoms with van der Waals surface area (Å²) in [5, 5.41) is 2.90. The van der Waals surface area contributed by atoms with Gasteiger partial charge in [-0.1, -0.05) is 25.1 Å². The minimum atomic E-state index is -0.323. The minimum absolute atomic E-state index is 0.121. The number of rotatable bonds is 1. The molecule has 2 rings (SSSR count). The van der Waals surface area contributed by atoms with Crippen molar-refractivity contribution in [2.45, 2.75) is 25.7 Å². The Bertz CT molecular complexity index is 359. The Balaban J connectivity index is 2.59. The zero-order valence-electron chi connectivity index (χ0n) is 7.92. The molecule has 0 fully saturated rings. The number of amides is 1. The number of benzene rings is 1. The van der Waals surface area contributed by atoms with E-state index in [-0.39, 0.29) is 11.3 Å². The quantitative estimate of drug-likeness (QED) is 0.697. The van der Waals surface area contributed by atoms with Gasteiger partial charge in [0.15, 0.2) is 0 Å². The highest BCUT2D eigenvalue weighted by Gasteiger charge is 2.40. The lowest BCUT2D eigenvalue weighted by atomic mass is 9.81. The maximum atomic E-state index is 11.7. The predicted octanol–water partition coefficient (Wildman–Crippen LogP) is 2.31. The topological polar surface area (TPSA) is 29.1 Å².